The van der Waals surface area contributed by atoms with E-state index in [0.717, 1.165) is 16.8 Å². The Labute approximate surface area is 117 Å². The fraction of sp³-hybridized carbons (Fsp3) is 0.125. The highest BCUT2D eigenvalue weighted by Crippen LogP contribution is 2.16. The quantitative estimate of drug-likeness (QED) is 0.837. The van der Waals surface area contributed by atoms with E-state index in [1.54, 1.807) is 24.3 Å². The Morgan fingerprint density at radius 3 is 2.10 bits per heavy atom. The van der Waals surface area contributed by atoms with Crippen LogP contribution < -0.4 is 10.6 Å². The first-order valence-corrected chi connectivity index (χ1v) is 6.28. The average Bonchev–Trinajstić information content (AvgIpc) is 2.38. The predicted octanol–water partition coefficient (Wildman–Crippen LogP) is 3.12. The van der Waals surface area contributed by atoms with E-state index >= 15 is 0 Å². The molecule has 2 aromatic rings. The molecule has 4 nitrogen and oxygen atoms in total. The maximum Gasteiger partial charge on any atom is 0.255 e. The van der Waals surface area contributed by atoms with Crippen molar-refractivity contribution in [1.82, 2.24) is 0 Å². The van der Waals surface area contributed by atoms with E-state index in [-0.39, 0.29) is 5.91 Å². The van der Waals surface area contributed by atoms with Gasteiger partial charge in [0.05, 0.1) is 0 Å². The Kier molecular flexibility index (Phi) is 4.15. The molecule has 0 spiro atoms. The SMILES string of the molecule is Cc1cc(C)cc(NC(=O)c2ccc(NC=O)cc2)c1. The number of benzene rings is 2. The molecule has 0 heterocycles. The molecule has 0 aliphatic heterocycles. The lowest BCUT2D eigenvalue weighted by atomic mass is 10.1. The zero-order valence-corrected chi connectivity index (χ0v) is 11.4. The van der Waals surface area contributed by atoms with Gasteiger partial charge in [-0.25, -0.2) is 0 Å². The molecule has 0 fully saturated rings. The molecule has 0 saturated carbocycles. The van der Waals surface area contributed by atoms with Gasteiger partial charge in [-0.05, 0) is 61.4 Å². The van der Waals surface area contributed by atoms with Crippen LogP contribution in [-0.4, -0.2) is 12.3 Å². The number of hydrogen-bond acceptors (Lipinski definition) is 2. The van der Waals surface area contributed by atoms with Crippen LogP contribution in [-0.2, 0) is 4.79 Å². The highest BCUT2D eigenvalue weighted by molar-refractivity contribution is 6.04. The number of carbonyl (C=O) groups excluding carboxylic acids is 2. The molecule has 2 rings (SSSR count). The molecule has 2 N–H and O–H groups in total. The molecule has 0 aliphatic rings. The minimum Gasteiger partial charge on any atom is -0.329 e. The van der Waals surface area contributed by atoms with Crippen molar-refractivity contribution in [2.24, 2.45) is 0 Å². The Balaban J connectivity index is 2.13. The summed E-state index contributed by atoms with van der Waals surface area (Å²) in [4.78, 5) is 22.4. The zero-order chi connectivity index (χ0) is 14.5. The largest absolute Gasteiger partial charge is 0.329 e. The van der Waals surface area contributed by atoms with Crippen molar-refractivity contribution in [3.8, 4) is 0 Å². The minimum absolute atomic E-state index is 0.173. The second kappa shape index (κ2) is 6.02. The molecule has 0 radical (unpaired) electrons. The molecular weight excluding hydrogens is 252 g/mol. The minimum atomic E-state index is -0.173. The lowest BCUT2D eigenvalue weighted by molar-refractivity contribution is -0.105. The fourth-order valence-electron chi connectivity index (χ4n) is 2.04. The van der Waals surface area contributed by atoms with Gasteiger partial charge in [0.25, 0.3) is 5.91 Å². The summed E-state index contributed by atoms with van der Waals surface area (Å²) in [5, 5.41) is 5.39. The van der Waals surface area contributed by atoms with Gasteiger partial charge in [-0.15, -0.1) is 0 Å². The van der Waals surface area contributed by atoms with E-state index in [1.165, 1.54) is 0 Å². The summed E-state index contributed by atoms with van der Waals surface area (Å²) in [5.74, 6) is -0.173. The molecule has 0 unspecified atom stereocenters. The van der Waals surface area contributed by atoms with E-state index in [4.69, 9.17) is 0 Å². The van der Waals surface area contributed by atoms with E-state index in [0.29, 0.717) is 17.7 Å². The smallest absolute Gasteiger partial charge is 0.255 e. The highest BCUT2D eigenvalue weighted by atomic mass is 16.1. The van der Waals surface area contributed by atoms with Crippen LogP contribution >= 0.6 is 0 Å². The van der Waals surface area contributed by atoms with Crippen LogP contribution in [0.4, 0.5) is 11.4 Å². The molecule has 2 aromatic carbocycles. The summed E-state index contributed by atoms with van der Waals surface area (Å²) >= 11 is 0. The Bertz CT molecular complexity index is 613. The molecule has 4 heteroatoms. The van der Waals surface area contributed by atoms with E-state index in [9.17, 15) is 9.59 Å². The molecule has 0 bridgehead atoms. The highest BCUT2D eigenvalue weighted by Gasteiger charge is 2.06. The third-order valence-corrected chi connectivity index (χ3v) is 2.85. The van der Waals surface area contributed by atoms with Crippen LogP contribution in [0.25, 0.3) is 0 Å². The van der Waals surface area contributed by atoms with Gasteiger partial charge in [0.15, 0.2) is 0 Å². The third-order valence-electron chi connectivity index (χ3n) is 2.85. The maximum absolute atomic E-state index is 12.1. The normalized spacial score (nSPS) is 9.90. The van der Waals surface area contributed by atoms with Crippen molar-refractivity contribution >= 4 is 23.7 Å². The van der Waals surface area contributed by atoms with Gasteiger partial charge < -0.3 is 10.6 Å². The van der Waals surface area contributed by atoms with E-state index in [2.05, 4.69) is 16.7 Å². The molecule has 0 saturated heterocycles. The Morgan fingerprint density at radius 1 is 0.950 bits per heavy atom. The first-order chi connectivity index (χ1) is 9.58. The zero-order valence-electron chi connectivity index (χ0n) is 11.4. The van der Waals surface area contributed by atoms with Gasteiger partial charge in [0, 0.05) is 16.9 Å². The van der Waals surface area contributed by atoms with Crippen molar-refractivity contribution in [3.63, 3.8) is 0 Å². The number of aryl methyl sites for hydroxylation is 2. The summed E-state index contributed by atoms with van der Waals surface area (Å²) in [6.45, 7) is 3.98. The number of rotatable bonds is 4. The standard InChI is InChI=1S/C16H16N2O2/c1-11-7-12(2)9-15(8-11)18-16(20)13-3-5-14(6-4-13)17-10-19/h3-10H,1-2H3,(H,17,19)(H,18,20). The van der Waals surface area contributed by atoms with Gasteiger partial charge in [-0.3, -0.25) is 9.59 Å². The Morgan fingerprint density at radius 2 is 1.55 bits per heavy atom. The van der Waals surface area contributed by atoms with Crippen molar-refractivity contribution < 1.29 is 9.59 Å². The van der Waals surface area contributed by atoms with Crippen LogP contribution in [0.3, 0.4) is 0 Å². The lowest BCUT2D eigenvalue weighted by Gasteiger charge is -2.08. The van der Waals surface area contributed by atoms with E-state index in [1.807, 2.05) is 26.0 Å². The van der Waals surface area contributed by atoms with Crippen molar-refractivity contribution in [2.45, 2.75) is 13.8 Å². The average molecular weight is 268 g/mol. The third kappa shape index (κ3) is 3.45. The summed E-state index contributed by atoms with van der Waals surface area (Å²) in [5.41, 5.74) is 4.18. The monoisotopic (exact) mass is 268 g/mol. The number of nitrogens with one attached hydrogen (secondary N) is 2. The van der Waals surface area contributed by atoms with Crippen LogP contribution in [0.15, 0.2) is 42.5 Å². The van der Waals surface area contributed by atoms with Crippen molar-refractivity contribution in [3.05, 3.63) is 59.2 Å². The van der Waals surface area contributed by atoms with Gasteiger partial charge in [0.1, 0.15) is 0 Å². The second-order valence-electron chi connectivity index (χ2n) is 4.67. The molecule has 102 valence electrons. The first kappa shape index (κ1) is 13.8. The van der Waals surface area contributed by atoms with Crippen LogP contribution in [0.2, 0.25) is 0 Å². The van der Waals surface area contributed by atoms with Gasteiger partial charge >= 0.3 is 0 Å². The fourth-order valence-corrected chi connectivity index (χ4v) is 2.04. The summed E-state index contributed by atoms with van der Waals surface area (Å²) in [7, 11) is 0. The summed E-state index contributed by atoms with van der Waals surface area (Å²) < 4.78 is 0. The molecule has 0 aromatic heterocycles. The topological polar surface area (TPSA) is 58.2 Å². The number of amides is 2. The van der Waals surface area contributed by atoms with Crippen molar-refractivity contribution in [1.29, 1.82) is 0 Å². The maximum atomic E-state index is 12.1. The van der Waals surface area contributed by atoms with Gasteiger partial charge in [-0.1, -0.05) is 6.07 Å². The lowest BCUT2D eigenvalue weighted by Crippen LogP contribution is -2.12. The first-order valence-electron chi connectivity index (χ1n) is 6.28. The second-order valence-corrected chi connectivity index (χ2v) is 4.67. The molecule has 0 atom stereocenters. The van der Waals surface area contributed by atoms with Crippen LogP contribution in [0, 0.1) is 13.8 Å². The van der Waals surface area contributed by atoms with Gasteiger partial charge in [-0.2, -0.15) is 0 Å². The Hall–Kier alpha value is -2.62. The predicted molar refractivity (Wildman–Crippen MR) is 80.0 cm³/mol. The number of carbonyl (C=O) groups is 2. The molecule has 2 amide bonds. The van der Waals surface area contributed by atoms with Crippen molar-refractivity contribution in [2.75, 3.05) is 10.6 Å². The van der Waals surface area contributed by atoms with Gasteiger partial charge in [0.2, 0.25) is 6.41 Å². The van der Waals surface area contributed by atoms with Crippen LogP contribution in [0.1, 0.15) is 21.5 Å². The molecule has 20 heavy (non-hydrogen) atoms. The summed E-state index contributed by atoms with van der Waals surface area (Å²) in [6.07, 6.45) is 0.602. The van der Waals surface area contributed by atoms with Crippen LogP contribution in [0.5, 0.6) is 0 Å². The van der Waals surface area contributed by atoms with E-state index < -0.39 is 0 Å². The number of anilines is 2. The molecule has 0 aliphatic carbocycles. The molecular formula is C16H16N2O2. The summed E-state index contributed by atoms with van der Waals surface area (Å²) in [6, 6.07) is 12.6. The number of hydrogen-bond donors (Lipinski definition) is 2.